The Morgan fingerprint density at radius 1 is 1.16 bits per heavy atom. The van der Waals surface area contributed by atoms with Gasteiger partial charge in [0.2, 0.25) is 11.8 Å². The maximum absolute atomic E-state index is 12.8. The molecule has 6 nitrogen and oxygen atoms in total. The van der Waals surface area contributed by atoms with Crippen LogP contribution >= 0.6 is 0 Å². The summed E-state index contributed by atoms with van der Waals surface area (Å²) in [7, 11) is 1.63. The van der Waals surface area contributed by atoms with Gasteiger partial charge in [0.15, 0.2) is 0 Å². The average molecular weight is 346 g/mol. The fourth-order valence-corrected chi connectivity index (χ4v) is 3.66. The van der Waals surface area contributed by atoms with Crippen LogP contribution in [0.3, 0.4) is 0 Å². The summed E-state index contributed by atoms with van der Waals surface area (Å²) in [6.07, 6.45) is 0.384. The van der Waals surface area contributed by atoms with Crippen molar-refractivity contribution in [3.05, 3.63) is 29.8 Å². The summed E-state index contributed by atoms with van der Waals surface area (Å²) >= 11 is 0. The summed E-state index contributed by atoms with van der Waals surface area (Å²) in [5.74, 6) is 0.666. The van der Waals surface area contributed by atoms with Crippen LogP contribution in [0.4, 0.5) is 0 Å². The highest BCUT2D eigenvalue weighted by Crippen LogP contribution is 2.24. The van der Waals surface area contributed by atoms with E-state index in [4.69, 9.17) is 9.47 Å². The summed E-state index contributed by atoms with van der Waals surface area (Å²) in [5.41, 5.74) is 1.04. The van der Waals surface area contributed by atoms with Gasteiger partial charge < -0.3 is 19.3 Å². The Morgan fingerprint density at radius 2 is 1.80 bits per heavy atom. The molecule has 2 fully saturated rings. The molecule has 0 spiro atoms. The van der Waals surface area contributed by atoms with Gasteiger partial charge in [0.25, 0.3) is 0 Å². The predicted molar refractivity (Wildman–Crippen MR) is 93.1 cm³/mol. The molecule has 0 unspecified atom stereocenters. The molecule has 0 radical (unpaired) electrons. The van der Waals surface area contributed by atoms with Gasteiger partial charge in [-0.25, -0.2) is 0 Å². The number of hydrogen-bond acceptors (Lipinski definition) is 4. The first kappa shape index (κ1) is 17.7. The Morgan fingerprint density at radius 3 is 2.40 bits per heavy atom. The number of benzene rings is 1. The van der Waals surface area contributed by atoms with Crippen molar-refractivity contribution in [2.75, 3.05) is 26.7 Å². The largest absolute Gasteiger partial charge is 0.497 e. The van der Waals surface area contributed by atoms with Crippen LogP contribution in [0.25, 0.3) is 0 Å². The van der Waals surface area contributed by atoms with E-state index in [1.165, 1.54) is 0 Å². The lowest BCUT2D eigenvalue weighted by atomic mass is 10.1. The van der Waals surface area contributed by atoms with Crippen LogP contribution in [-0.4, -0.2) is 60.6 Å². The van der Waals surface area contributed by atoms with Crippen LogP contribution in [0.2, 0.25) is 0 Å². The van der Waals surface area contributed by atoms with Crippen molar-refractivity contribution < 1.29 is 19.1 Å². The van der Waals surface area contributed by atoms with Gasteiger partial charge in [-0.3, -0.25) is 9.59 Å². The topological polar surface area (TPSA) is 59.1 Å². The van der Waals surface area contributed by atoms with Gasteiger partial charge >= 0.3 is 0 Å². The first-order chi connectivity index (χ1) is 12.0. The third-order valence-electron chi connectivity index (χ3n) is 4.83. The normalized spacial score (nSPS) is 26.8. The molecule has 3 atom stereocenters. The van der Waals surface area contributed by atoms with Crippen LogP contribution in [0, 0.1) is 5.92 Å². The standard InChI is InChI=1S/C19H26N2O4/c1-13-9-21(10-14(2)25-13)19(23)16-8-18(22)20(12-16)11-15-4-6-17(24-3)7-5-15/h4-7,13-14,16H,8-12H2,1-3H3/t13-,14-,16+/m0/s1. The van der Waals surface area contributed by atoms with E-state index in [-0.39, 0.29) is 29.9 Å². The number of methoxy groups -OCH3 is 1. The molecule has 1 aromatic carbocycles. The molecule has 2 aliphatic heterocycles. The minimum atomic E-state index is -0.247. The number of amides is 2. The number of likely N-dealkylation sites (tertiary alicyclic amines) is 1. The summed E-state index contributed by atoms with van der Waals surface area (Å²) in [6, 6.07) is 7.67. The first-order valence-electron chi connectivity index (χ1n) is 8.81. The van der Waals surface area contributed by atoms with Gasteiger partial charge in [-0.1, -0.05) is 12.1 Å². The van der Waals surface area contributed by atoms with Gasteiger partial charge in [-0.15, -0.1) is 0 Å². The molecule has 0 aromatic heterocycles. The van der Waals surface area contributed by atoms with E-state index in [2.05, 4.69) is 0 Å². The van der Waals surface area contributed by atoms with Crippen LogP contribution < -0.4 is 4.74 Å². The summed E-state index contributed by atoms with van der Waals surface area (Å²) < 4.78 is 10.8. The minimum Gasteiger partial charge on any atom is -0.497 e. The van der Waals surface area contributed by atoms with Gasteiger partial charge in [-0.2, -0.15) is 0 Å². The third-order valence-corrected chi connectivity index (χ3v) is 4.83. The molecule has 3 rings (SSSR count). The maximum atomic E-state index is 12.8. The van der Waals surface area contributed by atoms with Crippen molar-refractivity contribution in [1.82, 2.24) is 9.80 Å². The lowest BCUT2D eigenvalue weighted by molar-refractivity contribution is -0.147. The first-order valence-corrected chi connectivity index (χ1v) is 8.81. The second-order valence-electron chi connectivity index (χ2n) is 7.02. The molecular formula is C19H26N2O4. The number of carbonyl (C=O) groups is 2. The van der Waals surface area contributed by atoms with E-state index in [1.54, 1.807) is 12.0 Å². The molecule has 2 saturated heterocycles. The van der Waals surface area contributed by atoms with Crippen LogP contribution in [0.1, 0.15) is 25.8 Å². The lowest BCUT2D eigenvalue weighted by Gasteiger charge is -2.36. The second kappa shape index (κ2) is 7.44. The summed E-state index contributed by atoms with van der Waals surface area (Å²) in [5, 5.41) is 0. The Bertz CT molecular complexity index is 621. The fourth-order valence-electron chi connectivity index (χ4n) is 3.66. The minimum absolute atomic E-state index is 0.0419. The molecular weight excluding hydrogens is 320 g/mol. The van der Waals surface area contributed by atoms with Crippen molar-refractivity contribution in [3.8, 4) is 5.75 Å². The molecule has 1 aromatic rings. The highest BCUT2D eigenvalue weighted by molar-refractivity contribution is 5.89. The zero-order chi connectivity index (χ0) is 18.0. The van der Waals surface area contributed by atoms with E-state index in [9.17, 15) is 9.59 Å². The van der Waals surface area contributed by atoms with Gasteiger partial charge in [0.1, 0.15) is 5.75 Å². The fraction of sp³-hybridized carbons (Fsp3) is 0.579. The Balaban J connectivity index is 1.60. The van der Waals surface area contributed by atoms with Gasteiger partial charge in [0.05, 0.1) is 25.2 Å². The van der Waals surface area contributed by atoms with E-state index >= 15 is 0 Å². The molecule has 2 aliphatic rings. The molecule has 0 bridgehead atoms. The lowest BCUT2D eigenvalue weighted by Crippen LogP contribution is -2.50. The van der Waals surface area contributed by atoms with E-state index in [1.807, 2.05) is 43.0 Å². The predicted octanol–water partition coefficient (Wildman–Crippen LogP) is 1.68. The van der Waals surface area contributed by atoms with E-state index in [0.717, 1.165) is 11.3 Å². The van der Waals surface area contributed by atoms with Crippen molar-refractivity contribution in [2.24, 2.45) is 5.92 Å². The van der Waals surface area contributed by atoms with Gasteiger partial charge in [-0.05, 0) is 31.5 Å². The van der Waals surface area contributed by atoms with E-state index < -0.39 is 0 Å². The number of ether oxygens (including phenoxy) is 2. The molecule has 0 aliphatic carbocycles. The number of nitrogens with zero attached hydrogens (tertiary/aromatic N) is 2. The monoisotopic (exact) mass is 346 g/mol. The van der Waals surface area contributed by atoms with E-state index in [0.29, 0.717) is 32.6 Å². The zero-order valence-corrected chi connectivity index (χ0v) is 15.1. The molecule has 6 heteroatoms. The molecule has 0 N–H and O–H groups in total. The Kier molecular flexibility index (Phi) is 5.27. The average Bonchev–Trinajstić information content (AvgIpc) is 2.94. The highest BCUT2D eigenvalue weighted by atomic mass is 16.5. The number of hydrogen-bond donors (Lipinski definition) is 0. The van der Waals surface area contributed by atoms with Crippen molar-refractivity contribution in [1.29, 1.82) is 0 Å². The van der Waals surface area contributed by atoms with Crippen LogP contribution in [0.5, 0.6) is 5.75 Å². The molecule has 2 heterocycles. The molecule has 25 heavy (non-hydrogen) atoms. The van der Waals surface area contributed by atoms with Crippen molar-refractivity contribution >= 4 is 11.8 Å². The third kappa shape index (κ3) is 4.12. The zero-order valence-electron chi connectivity index (χ0n) is 15.1. The number of rotatable bonds is 4. The van der Waals surface area contributed by atoms with Crippen molar-refractivity contribution in [3.63, 3.8) is 0 Å². The summed E-state index contributed by atoms with van der Waals surface area (Å²) in [4.78, 5) is 28.8. The van der Waals surface area contributed by atoms with Crippen LogP contribution in [0.15, 0.2) is 24.3 Å². The SMILES string of the molecule is COc1ccc(CN2C[C@H](C(=O)N3C[C@H](C)O[C@@H](C)C3)CC2=O)cc1. The quantitative estimate of drug-likeness (QED) is 0.832. The number of morpholine rings is 1. The number of carbonyl (C=O) groups excluding carboxylic acids is 2. The second-order valence-corrected chi connectivity index (χ2v) is 7.02. The Labute approximate surface area is 148 Å². The molecule has 0 saturated carbocycles. The highest BCUT2D eigenvalue weighted by Gasteiger charge is 2.38. The van der Waals surface area contributed by atoms with Crippen LogP contribution in [-0.2, 0) is 20.9 Å². The molecule has 136 valence electrons. The van der Waals surface area contributed by atoms with Gasteiger partial charge in [0, 0.05) is 32.6 Å². The molecule has 2 amide bonds. The summed E-state index contributed by atoms with van der Waals surface area (Å²) in [6.45, 7) is 6.18. The van der Waals surface area contributed by atoms with Crippen molar-refractivity contribution in [2.45, 2.75) is 39.0 Å². The maximum Gasteiger partial charge on any atom is 0.228 e. The smallest absolute Gasteiger partial charge is 0.228 e. The Hall–Kier alpha value is -2.08.